The Morgan fingerprint density at radius 3 is 2.33 bits per heavy atom. The lowest BCUT2D eigenvalue weighted by Crippen LogP contribution is -2.29. The highest BCUT2D eigenvalue weighted by Gasteiger charge is 2.38. The van der Waals surface area contributed by atoms with E-state index < -0.39 is 18.1 Å². The van der Waals surface area contributed by atoms with Crippen molar-refractivity contribution in [2.45, 2.75) is 6.18 Å². The maximum atomic E-state index is 12.2. The number of rotatable bonds is 4. The van der Waals surface area contributed by atoms with E-state index in [2.05, 4.69) is 9.72 Å². The molecule has 0 aliphatic rings. The molecule has 0 spiro atoms. The molecule has 0 fully saturated rings. The molecule has 0 saturated carbocycles. The second kappa shape index (κ2) is 6.99. The third-order valence-corrected chi connectivity index (χ3v) is 2.74. The topological polar surface area (TPSA) is 77.5 Å². The Hall–Kier alpha value is -3.10. The SMILES string of the molecule is COC(=O)c1cncc(Oc2ccc(NC(=O)C(F)(F)F)cc2)c1. The maximum Gasteiger partial charge on any atom is 0.471 e. The predicted molar refractivity (Wildman–Crippen MR) is 76.8 cm³/mol. The molecule has 0 atom stereocenters. The van der Waals surface area contributed by atoms with E-state index in [0.717, 1.165) is 0 Å². The lowest BCUT2D eigenvalue weighted by atomic mass is 10.2. The molecule has 0 aliphatic carbocycles. The van der Waals surface area contributed by atoms with Gasteiger partial charge in [-0.15, -0.1) is 0 Å². The minimum absolute atomic E-state index is 0.0360. The van der Waals surface area contributed by atoms with Crippen molar-refractivity contribution in [3.8, 4) is 11.5 Å². The van der Waals surface area contributed by atoms with E-state index in [1.807, 2.05) is 0 Å². The fourth-order valence-corrected chi connectivity index (χ4v) is 1.65. The number of nitrogens with one attached hydrogen (secondary N) is 1. The first kappa shape index (κ1) is 17.3. The predicted octanol–water partition coefficient (Wildman–Crippen LogP) is 3.16. The van der Waals surface area contributed by atoms with Gasteiger partial charge in [0.2, 0.25) is 0 Å². The zero-order valence-corrected chi connectivity index (χ0v) is 12.3. The van der Waals surface area contributed by atoms with Gasteiger partial charge in [0.1, 0.15) is 11.5 Å². The van der Waals surface area contributed by atoms with E-state index in [1.54, 1.807) is 5.32 Å². The van der Waals surface area contributed by atoms with E-state index in [1.165, 1.54) is 49.8 Å². The summed E-state index contributed by atoms with van der Waals surface area (Å²) in [4.78, 5) is 26.0. The van der Waals surface area contributed by atoms with Crippen LogP contribution in [0.25, 0.3) is 0 Å². The lowest BCUT2D eigenvalue weighted by molar-refractivity contribution is -0.167. The number of nitrogens with zero attached hydrogens (tertiary/aromatic N) is 1. The molecule has 1 amide bonds. The number of anilines is 1. The second-order valence-corrected chi connectivity index (χ2v) is 4.48. The van der Waals surface area contributed by atoms with E-state index in [4.69, 9.17) is 4.74 Å². The monoisotopic (exact) mass is 340 g/mol. The number of esters is 1. The highest BCUT2D eigenvalue weighted by Crippen LogP contribution is 2.24. The summed E-state index contributed by atoms with van der Waals surface area (Å²) >= 11 is 0. The summed E-state index contributed by atoms with van der Waals surface area (Å²) in [6.45, 7) is 0. The first-order valence-corrected chi connectivity index (χ1v) is 6.49. The van der Waals surface area contributed by atoms with Crippen molar-refractivity contribution in [1.82, 2.24) is 4.98 Å². The van der Waals surface area contributed by atoms with Crippen LogP contribution in [0.3, 0.4) is 0 Å². The Balaban J connectivity index is 2.07. The number of alkyl halides is 3. The Labute approximate surface area is 134 Å². The normalized spacial score (nSPS) is 10.8. The lowest BCUT2D eigenvalue weighted by Gasteiger charge is -2.09. The Morgan fingerprint density at radius 1 is 1.08 bits per heavy atom. The molecule has 2 rings (SSSR count). The fourth-order valence-electron chi connectivity index (χ4n) is 1.65. The van der Waals surface area contributed by atoms with Crippen LogP contribution in [-0.2, 0) is 9.53 Å². The van der Waals surface area contributed by atoms with Gasteiger partial charge in [-0.05, 0) is 30.3 Å². The highest BCUT2D eigenvalue weighted by atomic mass is 19.4. The van der Waals surface area contributed by atoms with E-state index in [-0.39, 0.29) is 22.7 Å². The van der Waals surface area contributed by atoms with Gasteiger partial charge >= 0.3 is 18.1 Å². The van der Waals surface area contributed by atoms with Crippen LogP contribution < -0.4 is 10.1 Å². The van der Waals surface area contributed by atoms with Gasteiger partial charge in [0.05, 0.1) is 18.9 Å². The summed E-state index contributed by atoms with van der Waals surface area (Å²) < 4.78 is 46.4. The van der Waals surface area contributed by atoms with Gasteiger partial charge in [0.25, 0.3) is 0 Å². The van der Waals surface area contributed by atoms with E-state index in [9.17, 15) is 22.8 Å². The minimum atomic E-state index is -4.96. The molecule has 0 radical (unpaired) electrons. The number of carbonyl (C=O) groups excluding carboxylic acids is 2. The number of hydrogen-bond acceptors (Lipinski definition) is 5. The molecule has 1 N–H and O–H groups in total. The van der Waals surface area contributed by atoms with Crippen LogP contribution in [0.4, 0.5) is 18.9 Å². The summed E-state index contributed by atoms with van der Waals surface area (Å²) in [5.74, 6) is -2.13. The molecule has 0 bridgehead atoms. The molecular weight excluding hydrogens is 329 g/mol. The van der Waals surface area contributed by atoms with Crippen molar-refractivity contribution in [2.24, 2.45) is 0 Å². The maximum absolute atomic E-state index is 12.2. The number of ether oxygens (including phenoxy) is 2. The third kappa shape index (κ3) is 4.45. The standard InChI is InChI=1S/C15H11F3N2O4/c1-23-13(21)9-6-12(8-19-7-9)24-11-4-2-10(3-5-11)20-14(22)15(16,17)18/h2-8H,1H3,(H,20,22). The Kier molecular flexibility index (Phi) is 5.02. The summed E-state index contributed by atoms with van der Waals surface area (Å²) in [5, 5.41) is 1.71. The average molecular weight is 340 g/mol. The quantitative estimate of drug-likeness (QED) is 0.865. The highest BCUT2D eigenvalue weighted by molar-refractivity contribution is 5.94. The van der Waals surface area contributed by atoms with Gasteiger partial charge in [0.15, 0.2) is 0 Å². The van der Waals surface area contributed by atoms with Crippen molar-refractivity contribution in [2.75, 3.05) is 12.4 Å². The Bertz CT molecular complexity index is 745. The average Bonchev–Trinajstić information content (AvgIpc) is 2.55. The number of benzene rings is 1. The summed E-state index contributed by atoms with van der Waals surface area (Å²) in [7, 11) is 1.23. The smallest absolute Gasteiger partial charge is 0.465 e. The van der Waals surface area contributed by atoms with Crippen LogP contribution in [0.1, 0.15) is 10.4 Å². The van der Waals surface area contributed by atoms with Crippen molar-refractivity contribution in [3.05, 3.63) is 48.3 Å². The molecule has 6 nitrogen and oxygen atoms in total. The zero-order valence-electron chi connectivity index (χ0n) is 12.3. The first-order valence-electron chi connectivity index (χ1n) is 6.49. The van der Waals surface area contributed by atoms with Gasteiger partial charge in [0, 0.05) is 11.9 Å². The number of aromatic nitrogens is 1. The molecule has 1 heterocycles. The molecule has 24 heavy (non-hydrogen) atoms. The third-order valence-electron chi connectivity index (χ3n) is 2.74. The van der Waals surface area contributed by atoms with E-state index >= 15 is 0 Å². The van der Waals surface area contributed by atoms with Crippen molar-refractivity contribution in [3.63, 3.8) is 0 Å². The van der Waals surface area contributed by atoms with Crippen molar-refractivity contribution >= 4 is 17.6 Å². The summed E-state index contributed by atoms with van der Waals surface area (Å²) in [6, 6.07) is 6.61. The fraction of sp³-hybridized carbons (Fsp3) is 0.133. The van der Waals surface area contributed by atoms with Gasteiger partial charge < -0.3 is 14.8 Å². The van der Waals surface area contributed by atoms with Crippen LogP contribution in [0, 0.1) is 0 Å². The molecule has 0 saturated heterocycles. The molecule has 9 heteroatoms. The second-order valence-electron chi connectivity index (χ2n) is 4.48. The Morgan fingerprint density at radius 2 is 1.75 bits per heavy atom. The minimum Gasteiger partial charge on any atom is -0.465 e. The van der Waals surface area contributed by atoms with Gasteiger partial charge in [-0.25, -0.2) is 4.79 Å². The molecular formula is C15H11F3N2O4. The molecule has 0 aliphatic heterocycles. The molecule has 126 valence electrons. The van der Waals surface area contributed by atoms with Gasteiger partial charge in [-0.3, -0.25) is 9.78 Å². The molecule has 2 aromatic rings. The van der Waals surface area contributed by atoms with Gasteiger partial charge in [-0.2, -0.15) is 13.2 Å². The molecule has 0 unspecified atom stereocenters. The molecule has 1 aromatic carbocycles. The van der Waals surface area contributed by atoms with Crippen LogP contribution in [0.15, 0.2) is 42.7 Å². The number of halogens is 3. The van der Waals surface area contributed by atoms with Crippen LogP contribution in [0.5, 0.6) is 11.5 Å². The van der Waals surface area contributed by atoms with Gasteiger partial charge in [-0.1, -0.05) is 0 Å². The number of amides is 1. The summed E-state index contributed by atoms with van der Waals surface area (Å²) in [5.41, 5.74) is 0.148. The van der Waals surface area contributed by atoms with Crippen molar-refractivity contribution < 1.29 is 32.2 Å². The number of carbonyl (C=O) groups is 2. The first-order chi connectivity index (χ1) is 11.3. The van der Waals surface area contributed by atoms with Crippen LogP contribution in [0.2, 0.25) is 0 Å². The zero-order chi connectivity index (χ0) is 17.7. The van der Waals surface area contributed by atoms with E-state index in [0.29, 0.717) is 0 Å². The van der Waals surface area contributed by atoms with Crippen LogP contribution >= 0.6 is 0 Å². The largest absolute Gasteiger partial charge is 0.471 e. The number of pyridine rings is 1. The summed E-state index contributed by atoms with van der Waals surface area (Å²) in [6.07, 6.45) is -2.31. The van der Waals surface area contributed by atoms with Crippen molar-refractivity contribution in [1.29, 1.82) is 0 Å². The number of methoxy groups -OCH3 is 1. The number of hydrogen-bond donors (Lipinski definition) is 1. The van der Waals surface area contributed by atoms with Crippen LogP contribution in [-0.4, -0.2) is 30.1 Å². The molecule has 1 aromatic heterocycles.